The quantitative estimate of drug-likeness (QED) is 0.694. The summed E-state index contributed by atoms with van der Waals surface area (Å²) in [7, 11) is 0. The van der Waals surface area contributed by atoms with Gasteiger partial charge in [0.2, 0.25) is 5.91 Å². The fourth-order valence-electron chi connectivity index (χ4n) is 5.28. The van der Waals surface area contributed by atoms with E-state index in [-0.39, 0.29) is 25.4 Å². The number of rotatable bonds is 5. The van der Waals surface area contributed by atoms with Crippen LogP contribution >= 0.6 is 0 Å². The Kier molecular flexibility index (Phi) is 5.30. The summed E-state index contributed by atoms with van der Waals surface area (Å²) in [4.78, 5) is 38.0. The molecule has 0 radical (unpaired) electrons. The number of fused-ring (bicyclic) bond motifs is 3. The fraction of sp³-hybridized carbons (Fsp3) is 0.400. The summed E-state index contributed by atoms with van der Waals surface area (Å²) < 4.78 is 33.3. The predicted molar refractivity (Wildman–Crippen MR) is 117 cm³/mol. The van der Waals surface area contributed by atoms with Gasteiger partial charge in [-0.3, -0.25) is 4.79 Å². The first-order valence-electron chi connectivity index (χ1n) is 11.3. The first-order valence-corrected chi connectivity index (χ1v) is 11.3. The lowest BCUT2D eigenvalue weighted by atomic mass is 9.75. The highest BCUT2D eigenvalue weighted by molar-refractivity contribution is 5.94. The van der Waals surface area contributed by atoms with Crippen molar-refractivity contribution in [3.8, 4) is 11.1 Å². The van der Waals surface area contributed by atoms with Crippen molar-refractivity contribution in [1.82, 2.24) is 10.2 Å². The third-order valence-electron chi connectivity index (χ3n) is 7.12. The van der Waals surface area contributed by atoms with Crippen molar-refractivity contribution >= 4 is 18.0 Å². The van der Waals surface area contributed by atoms with Crippen molar-refractivity contribution in [2.75, 3.05) is 13.2 Å². The highest BCUT2D eigenvalue weighted by Gasteiger charge is 2.56. The number of carbonyl (C=O) groups is 3. The Morgan fingerprint density at radius 3 is 2.15 bits per heavy atom. The van der Waals surface area contributed by atoms with Gasteiger partial charge in [0, 0.05) is 12.3 Å². The van der Waals surface area contributed by atoms with Crippen LogP contribution in [-0.4, -0.2) is 58.6 Å². The highest BCUT2D eigenvalue weighted by atomic mass is 19.3. The second-order valence-electron chi connectivity index (χ2n) is 9.23. The molecule has 2 amide bonds. The Hall–Kier alpha value is -3.49. The molecule has 1 saturated heterocycles. The van der Waals surface area contributed by atoms with Crippen LogP contribution in [0.25, 0.3) is 11.1 Å². The minimum absolute atomic E-state index is 0.0453. The summed E-state index contributed by atoms with van der Waals surface area (Å²) in [5.41, 5.74) is 2.81. The van der Waals surface area contributed by atoms with Crippen LogP contribution in [0.5, 0.6) is 0 Å². The number of halogens is 2. The Morgan fingerprint density at radius 2 is 1.62 bits per heavy atom. The van der Waals surface area contributed by atoms with Crippen molar-refractivity contribution in [3.05, 3.63) is 59.7 Å². The summed E-state index contributed by atoms with van der Waals surface area (Å²) in [6.07, 6.45) is -0.672. The zero-order chi connectivity index (χ0) is 24.1. The lowest BCUT2D eigenvalue weighted by Gasteiger charge is -2.43. The monoisotopic (exact) mass is 470 g/mol. The SMILES string of the molecule is O=C(NC1(C(=O)N2CC(F)(F)C[C@H]2C(=O)O)CCC1)OCC1c2ccccc2-c2ccccc21. The largest absolute Gasteiger partial charge is 0.480 e. The van der Waals surface area contributed by atoms with Crippen molar-refractivity contribution in [1.29, 1.82) is 0 Å². The zero-order valence-corrected chi connectivity index (χ0v) is 18.3. The molecular weight excluding hydrogens is 446 g/mol. The minimum atomic E-state index is -3.28. The van der Waals surface area contributed by atoms with Crippen LogP contribution in [0.2, 0.25) is 0 Å². The fourth-order valence-corrected chi connectivity index (χ4v) is 5.28. The number of nitrogens with zero attached hydrogens (tertiary/aromatic N) is 1. The molecule has 0 unspecified atom stereocenters. The van der Waals surface area contributed by atoms with Gasteiger partial charge in [0.1, 0.15) is 18.2 Å². The average Bonchev–Trinajstić information content (AvgIpc) is 3.29. The first kappa shape index (κ1) is 22.3. The maximum absolute atomic E-state index is 13.9. The number of likely N-dealkylation sites (tertiary alicyclic amines) is 1. The second kappa shape index (κ2) is 8.07. The van der Waals surface area contributed by atoms with Gasteiger partial charge in [-0.15, -0.1) is 0 Å². The van der Waals surface area contributed by atoms with Crippen LogP contribution in [0.1, 0.15) is 42.7 Å². The van der Waals surface area contributed by atoms with Crippen LogP contribution in [0.15, 0.2) is 48.5 Å². The van der Waals surface area contributed by atoms with Gasteiger partial charge in [0.05, 0.1) is 6.54 Å². The number of hydrogen-bond donors (Lipinski definition) is 2. The predicted octanol–water partition coefficient (Wildman–Crippen LogP) is 3.77. The summed E-state index contributed by atoms with van der Waals surface area (Å²) in [5, 5.41) is 11.9. The van der Waals surface area contributed by atoms with Gasteiger partial charge in [-0.1, -0.05) is 48.5 Å². The molecule has 1 heterocycles. The Bertz CT molecular complexity index is 1120. The molecule has 34 heavy (non-hydrogen) atoms. The molecule has 0 aromatic heterocycles. The van der Waals surface area contributed by atoms with Crippen molar-refractivity contribution in [2.24, 2.45) is 0 Å². The number of alkyl carbamates (subject to hydrolysis) is 1. The van der Waals surface area contributed by atoms with Gasteiger partial charge in [0.15, 0.2) is 0 Å². The van der Waals surface area contributed by atoms with E-state index in [1.807, 2.05) is 48.5 Å². The number of amides is 2. The average molecular weight is 470 g/mol. The molecule has 5 rings (SSSR count). The molecule has 1 aliphatic heterocycles. The topological polar surface area (TPSA) is 95.9 Å². The smallest absolute Gasteiger partial charge is 0.408 e. The third-order valence-corrected chi connectivity index (χ3v) is 7.12. The molecule has 178 valence electrons. The van der Waals surface area contributed by atoms with Crippen LogP contribution in [0, 0.1) is 0 Å². The standard InChI is InChI=1S/C25H24F2N2O5/c26-25(27)12-20(21(30)31)29(14-25)22(32)24(10-5-11-24)28-23(33)34-13-19-17-8-3-1-6-15(17)16-7-2-4-9-18(16)19/h1-4,6-9,19-20H,5,10-14H2,(H,28,33)(H,30,31)/t20-/m0/s1. The lowest BCUT2D eigenvalue weighted by Crippen LogP contribution is -2.65. The molecule has 2 aromatic carbocycles. The minimum Gasteiger partial charge on any atom is -0.480 e. The van der Waals surface area contributed by atoms with E-state index in [0.29, 0.717) is 11.3 Å². The van der Waals surface area contributed by atoms with E-state index >= 15 is 0 Å². The molecule has 2 fully saturated rings. The van der Waals surface area contributed by atoms with Gasteiger partial charge in [0.25, 0.3) is 5.92 Å². The van der Waals surface area contributed by atoms with E-state index in [0.717, 1.165) is 22.3 Å². The summed E-state index contributed by atoms with van der Waals surface area (Å²) in [6.45, 7) is -0.930. The summed E-state index contributed by atoms with van der Waals surface area (Å²) >= 11 is 0. The number of alkyl halides is 2. The molecular formula is C25H24F2N2O5. The van der Waals surface area contributed by atoms with Crippen LogP contribution in [0.4, 0.5) is 13.6 Å². The normalized spacial score (nSPS) is 21.8. The molecule has 3 aliphatic rings. The number of ether oxygens (including phenoxy) is 1. The molecule has 2 N–H and O–H groups in total. The molecule has 0 bridgehead atoms. The Morgan fingerprint density at radius 1 is 1.03 bits per heavy atom. The third kappa shape index (κ3) is 3.69. The van der Waals surface area contributed by atoms with E-state index in [4.69, 9.17) is 4.74 Å². The van der Waals surface area contributed by atoms with Crippen LogP contribution < -0.4 is 5.32 Å². The second-order valence-corrected chi connectivity index (χ2v) is 9.23. The Labute approximate surface area is 194 Å². The van der Waals surface area contributed by atoms with Gasteiger partial charge < -0.3 is 20.1 Å². The van der Waals surface area contributed by atoms with Crippen molar-refractivity contribution in [2.45, 2.75) is 49.1 Å². The molecule has 2 aliphatic carbocycles. The molecule has 2 aromatic rings. The van der Waals surface area contributed by atoms with Gasteiger partial charge in [-0.25, -0.2) is 18.4 Å². The van der Waals surface area contributed by atoms with E-state index in [1.165, 1.54) is 0 Å². The molecule has 0 spiro atoms. The first-order chi connectivity index (χ1) is 16.2. The van der Waals surface area contributed by atoms with E-state index in [2.05, 4.69) is 5.32 Å². The maximum atomic E-state index is 13.9. The molecule has 1 atom stereocenters. The molecule has 9 heteroatoms. The van der Waals surface area contributed by atoms with Crippen LogP contribution in [0.3, 0.4) is 0 Å². The number of benzene rings is 2. The van der Waals surface area contributed by atoms with Gasteiger partial charge >= 0.3 is 12.1 Å². The lowest BCUT2D eigenvalue weighted by molar-refractivity contribution is -0.153. The zero-order valence-electron chi connectivity index (χ0n) is 18.3. The number of aliphatic carboxylic acids is 1. The number of carboxylic acid groups (broad SMARTS) is 1. The summed E-state index contributed by atoms with van der Waals surface area (Å²) in [5.74, 6) is -5.73. The number of hydrogen-bond acceptors (Lipinski definition) is 4. The van der Waals surface area contributed by atoms with Crippen molar-refractivity contribution < 1.29 is 33.0 Å². The maximum Gasteiger partial charge on any atom is 0.408 e. The molecule has 7 nitrogen and oxygen atoms in total. The highest BCUT2D eigenvalue weighted by Crippen LogP contribution is 2.45. The van der Waals surface area contributed by atoms with Crippen molar-refractivity contribution in [3.63, 3.8) is 0 Å². The van der Waals surface area contributed by atoms with E-state index in [9.17, 15) is 28.3 Å². The van der Waals surface area contributed by atoms with Gasteiger partial charge in [-0.2, -0.15) is 0 Å². The Balaban J connectivity index is 1.29. The van der Waals surface area contributed by atoms with E-state index in [1.54, 1.807) is 0 Å². The van der Waals surface area contributed by atoms with E-state index < -0.39 is 48.4 Å². The van der Waals surface area contributed by atoms with Crippen LogP contribution in [-0.2, 0) is 14.3 Å². The van der Waals surface area contributed by atoms with Gasteiger partial charge in [-0.05, 0) is 41.5 Å². The summed E-state index contributed by atoms with van der Waals surface area (Å²) in [6, 6.07) is 14.1. The number of carbonyl (C=O) groups excluding carboxylic acids is 2. The molecule has 1 saturated carbocycles. The number of carboxylic acids is 1. The number of nitrogens with one attached hydrogen (secondary N) is 1.